The van der Waals surface area contributed by atoms with Crippen molar-refractivity contribution in [1.29, 1.82) is 0 Å². The standard InChI is InChI=1S/C21H22ClFN2O5/c1-13(26)29-12-18-15(7-14-3-5-16(23)6-4-14)8-19-21(24-18)30-11-17(10-28-2)25(19)20(27)9-22/h3-6,8,17H,7,9-12H2,1-2H3/t17-/m0/s1. The number of ether oxygens (including phenoxy) is 3. The predicted molar refractivity (Wildman–Crippen MR) is 108 cm³/mol. The molecule has 0 unspecified atom stereocenters. The van der Waals surface area contributed by atoms with Crippen molar-refractivity contribution in [3.63, 3.8) is 0 Å². The summed E-state index contributed by atoms with van der Waals surface area (Å²) in [7, 11) is 1.54. The Morgan fingerprint density at radius 3 is 2.70 bits per heavy atom. The van der Waals surface area contributed by atoms with Crippen LogP contribution in [0.2, 0.25) is 0 Å². The molecular weight excluding hydrogens is 415 g/mol. The fraction of sp³-hybridized carbons (Fsp3) is 0.381. The molecule has 1 aromatic heterocycles. The number of aromatic nitrogens is 1. The number of carbonyl (C=O) groups excluding carboxylic acids is 2. The summed E-state index contributed by atoms with van der Waals surface area (Å²) in [6.45, 7) is 1.73. The number of anilines is 1. The first kappa shape index (κ1) is 22.0. The second-order valence-electron chi connectivity index (χ2n) is 6.82. The molecule has 0 fully saturated rings. The zero-order valence-electron chi connectivity index (χ0n) is 16.7. The molecule has 2 heterocycles. The number of benzene rings is 1. The number of pyridine rings is 1. The van der Waals surface area contributed by atoms with E-state index in [1.165, 1.54) is 24.0 Å². The molecule has 0 saturated heterocycles. The SMILES string of the molecule is COC[C@H]1COc2nc(COC(C)=O)c(Cc3ccc(F)cc3)cc2N1C(=O)CCl. The smallest absolute Gasteiger partial charge is 0.303 e. The fourth-order valence-corrected chi connectivity index (χ4v) is 3.40. The van der Waals surface area contributed by atoms with Crippen molar-refractivity contribution >= 4 is 29.2 Å². The van der Waals surface area contributed by atoms with Gasteiger partial charge >= 0.3 is 5.97 Å². The Balaban J connectivity index is 2.04. The molecule has 1 aliphatic rings. The van der Waals surface area contributed by atoms with Crippen LogP contribution in [0.3, 0.4) is 0 Å². The lowest BCUT2D eigenvalue weighted by Crippen LogP contribution is -2.50. The first-order chi connectivity index (χ1) is 14.4. The van der Waals surface area contributed by atoms with E-state index < -0.39 is 5.97 Å². The molecule has 0 radical (unpaired) electrons. The van der Waals surface area contributed by atoms with Crippen molar-refractivity contribution in [2.75, 3.05) is 31.1 Å². The van der Waals surface area contributed by atoms with Gasteiger partial charge in [-0.1, -0.05) is 12.1 Å². The molecule has 1 aromatic carbocycles. The monoisotopic (exact) mass is 436 g/mol. The molecule has 0 saturated carbocycles. The third-order valence-corrected chi connectivity index (χ3v) is 4.87. The normalized spacial score (nSPS) is 15.3. The average molecular weight is 437 g/mol. The first-order valence-corrected chi connectivity index (χ1v) is 9.86. The highest BCUT2D eigenvalue weighted by Gasteiger charge is 2.34. The summed E-state index contributed by atoms with van der Waals surface area (Å²) < 4.78 is 29.4. The van der Waals surface area contributed by atoms with Crippen LogP contribution in [0.25, 0.3) is 0 Å². The molecule has 2 aromatic rings. The summed E-state index contributed by atoms with van der Waals surface area (Å²) in [5.41, 5.74) is 2.52. The molecule has 0 spiro atoms. The number of esters is 1. The van der Waals surface area contributed by atoms with E-state index >= 15 is 0 Å². The van der Waals surface area contributed by atoms with Gasteiger partial charge in [-0.15, -0.1) is 11.6 Å². The Hall–Kier alpha value is -2.71. The lowest BCUT2D eigenvalue weighted by atomic mass is 10.0. The molecule has 0 N–H and O–H groups in total. The maximum absolute atomic E-state index is 13.3. The maximum atomic E-state index is 13.3. The Bertz CT molecular complexity index is 922. The van der Waals surface area contributed by atoms with Gasteiger partial charge in [0.15, 0.2) is 0 Å². The van der Waals surface area contributed by atoms with Gasteiger partial charge in [0.1, 0.15) is 30.6 Å². The van der Waals surface area contributed by atoms with Crippen LogP contribution >= 0.6 is 11.6 Å². The number of hydrogen-bond donors (Lipinski definition) is 0. The number of carbonyl (C=O) groups is 2. The van der Waals surface area contributed by atoms with Crippen molar-refractivity contribution in [3.05, 3.63) is 53.0 Å². The summed E-state index contributed by atoms with van der Waals surface area (Å²) in [5.74, 6) is -1.03. The number of fused-ring (bicyclic) bond motifs is 1. The number of hydrogen-bond acceptors (Lipinski definition) is 6. The second-order valence-corrected chi connectivity index (χ2v) is 7.09. The Morgan fingerprint density at radius 2 is 2.07 bits per heavy atom. The van der Waals surface area contributed by atoms with E-state index in [4.69, 9.17) is 25.8 Å². The van der Waals surface area contributed by atoms with Gasteiger partial charge in [0, 0.05) is 14.0 Å². The molecular formula is C21H22ClFN2O5. The third-order valence-electron chi connectivity index (χ3n) is 4.64. The van der Waals surface area contributed by atoms with E-state index in [1.54, 1.807) is 25.3 Å². The van der Waals surface area contributed by atoms with Gasteiger partial charge in [-0.05, 0) is 35.7 Å². The van der Waals surface area contributed by atoms with Gasteiger partial charge in [0.25, 0.3) is 0 Å². The van der Waals surface area contributed by atoms with Gasteiger partial charge in [-0.2, -0.15) is 0 Å². The van der Waals surface area contributed by atoms with Gasteiger partial charge < -0.3 is 14.2 Å². The highest BCUT2D eigenvalue weighted by atomic mass is 35.5. The van der Waals surface area contributed by atoms with Gasteiger partial charge in [-0.25, -0.2) is 9.37 Å². The van der Waals surface area contributed by atoms with E-state index in [1.807, 2.05) is 0 Å². The highest BCUT2D eigenvalue weighted by Crippen LogP contribution is 2.35. The van der Waals surface area contributed by atoms with Crippen LogP contribution in [0, 0.1) is 5.82 Å². The topological polar surface area (TPSA) is 78.0 Å². The number of nitrogens with zero attached hydrogens (tertiary/aromatic N) is 2. The van der Waals surface area contributed by atoms with Crippen molar-refractivity contribution in [1.82, 2.24) is 4.98 Å². The lowest BCUT2D eigenvalue weighted by Gasteiger charge is -2.36. The van der Waals surface area contributed by atoms with Crippen LogP contribution in [0.5, 0.6) is 5.88 Å². The van der Waals surface area contributed by atoms with E-state index in [2.05, 4.69) is 4.98 Å². The number of rotatable bonds is 7. The molecule has 0 aliphatic carbocycles. The van der Waals surface area contributed by atoms with Crippen molar-refractivity contribution in [2.45, 2.75) is 26.0 Å². The number of alkyl halides is 1. The summed E-state index contributed by atoms with van der Waals surface area (Å²) in [4.78, 5) is 29.9. The largest absolute Gasteiger partial charge is 0.474 e. The molecule has 160 valence electrons. The number of methoxy groups -OCH3 is 1. The second kappa shape index (κ2) is 9.86. The minimum absolute atomic E-state index is 0.0482. The lowest BCUT2D eigenvalue weighted by molar-refractivity contribution is -0.142. The molecule has 3 rings (SSSR count). The molecule has 1 amide bonds. The van der Waals surface area contributed by atoms with Crippen LogP contribution in [0.4, 0.5) is 10.1 Å². The summed E-state index contributed by atoms with van der Waals surface area (Å²) in [6.07, 6.45) is 0.398. The quantitative estimate of drug-likeness (QED) is 0.490. The Morgan fingerprint density at radius 1 is 1.33 bits per heavy atom. The predicted octanol–water partition coefficient (Wildman–Crippen LogP) is 2.85. The van der Waals surface area contributed by atoms with Crippen LogP contribution in [-0.2, 0) is 32.1 Å². The zero-order valence-corrected chi connectivity index (χ0v) is 17.4. The van der Waals surface area contributed by atoms with Gasteiger partial charge in [0.2, 0.25) is 11.8 Å². The van der Waals surface area contributed by atoms with E-state index in [0.717, 1.165) is 11.1 Å². The molecule has 7 nitrogen and oxygen atoms in total. The molecule has 30 heavy (non-hydrogen) atoms. The van der Waals surface area contributed by atoms with E-state index in [9.17, 15) is 14.0 Å². The van der Waals surface area contributed by atoms with E-state index in [-0.39, 0.29) is 49.3 Å². The minimum Gasteiger partial charge on any atom is -0.474 e. The number of amides is 1. The Labute approximate surface area is 178 Å². The zero-order chi connectivity index (χ0) is 21.7. The first-order valence-electron chi connectivity index (χ1n) is 9.33. The van der Waals surface area contributed by atoms with Crippen LogP contribution < -0.4 is 9.64 Å². The molecule has 1 atom stereocenters. The molecule has 0 bridgehead atoms. The third kappa shape index (κ3) is 5.06. The van der Waals surface area contributed by atoms with Gasteiger partial charge in [-0.3, -0.25) is 14.5 Å². The number of halogens is 2. The molecule has 9 heteroatoms. The van der Waals surface area contributed by atoms with Crippen LogP contribution in [0.15, 0.2) is 30.3 Å². The average Bonchev–Trinajstić information content (AvgIpc) is 2.73. The van der Waals surface area contributed by atoms with Crippen LogP contribution in [-0.4, -0.2) is 49.1 Å². The van der Waals surface area contributed by atoms with Crippen molar-refractivity contribution in [3.8, 4) is 5.88 Å². The summed E-state index contributed by atoms with van der Waals surface area (Å²) in [5, 5.41) is 0. The summed E-state index contributed by atoms with van der Waals surface area (Å²) >= 11 is 5.83. The molecule has 1 aliphatic heterocycles. The minimum atomic E-state index is -0.442. The van der Waals surface area contributed by atoms with Crippen molar-refractivity contribution in [2.24, 2.45) is 0 Å². The van der Waals surface area contributed by atoms with Crippen LogP contribution in [0.1, 0.15) is 23.7 Å². The maximum Gasteiger partial charge on any atom is 0.303 e. The fourth-order valence-electron chi connectivity index (χ4n) is 3.27. The summed E-state index contributed by atoms with van der Waals surface area (Å²) in [6, 6.07) is 7.49. The van der Waals surface area contributed by atoms with Crippen molar-refractivity contribution < 1.29 is 28.2 Å². The van der Waals surface area contributed by atoms with Gasteiger partial charge in [0.05, 0.1) is 18.3 Å². The highest BCUT2D eigenvalue weighted by molar-refractivity contribution is 6.29. The Kier molecular flexibility index (Phi) is 7.23. The van der Waals surface area contributed by atoms with E-state index in [0.29, 0.717) is 17.8 Å².